The Morgan fingerprint density at radius 1 is 1.35 bits per heavy atom. The third-order valence-corrected chi connectivity index (χ3v) is 5.04. The molecule has 17 heavy (non-hydrogen) atoms. The molecule has 2 N–H and O–H groups in total. The molecule has 0 aromatic rings. The average Bonchev–Trinajstić information content (AvgIpc) is 2.76. The minimum Gasteiger partial charge on any atom is -0.381 e. The molecule has 2 aliphatic heterocycles. The van der Waals surface area contributed by atoms with Gasteiger partial charge in [0.2, 0.25) is 0 Å². The molecule has 100 valence electrons. The minimum absolute atomic E-state index is 0.349. The molecule has 0 radical (unpaired) electrons. The summed E-state index contributed by atoms with van der Waals surface area (Å²) in [5.74, 6) is 0.549. The molecule has 3 heteroatoms. The minimum atomic E-state index is 0.349. The van der Waals surface area contributed by atoms with E-state index in [4.69, 9.17) is 10.5 Å². The lowest BCUT2D eigenvalue weighted by atomic mass is 9.82. The van der Waals surface area contributed by atoms with Gasteiger partial charge in [0.25, 0.3) is 0 Å². The largest absolute Gasteiger partial charge is 0.381 e. The molecule has 2 aliphatic rings. The Labute approximate surface area is 106 Å². The molecule has 2 heterocycles. The maximum atomic E-state index is 6.18. The first kappa shape index (κ1) is 13.3. The number of nitrogens with two attached hydrogens (primary N) is 1. The fourth-order valence-electron chi connectivity index (χ4n) is 3.34. The van der Waals surface area contributed by atoms with Crippen LogP contribution in [0, 0.1) is 11.3 Å². The summed E-state index contributed by atoms with van der Waals surface area (Å²) < 4.78 is 5.56. The highest BCUT2D eigenvalue weighted by Crippen LogP contribution is 2.37. The summed E-state index contributed by atoms with van der Waals surface area (Å²) in [6.45, 7) is 10.1. The van der Waals surface area contributed by atoms with Crippen LogP contribution in [-0.2, 0) is 4.74 Å². The van der Waals surface area contributed by atoms with Crippen LogP contribution < -0.4 is 5.73 Å². The third-order valence-electron chi connectivity index (χ3n) is 5.04. The summed E-state index contributed by atoms with van der Waals surface area (Å²) in [4.78, 5) is 2.62. The van der Waals surface area contributed by atoms with E-state index in [0.29, 0.717) is 17.4 Å². The summed E-state index contributed by atoms with van der Waals surface area (Å²) in [6, 6.07) is 0.349. The number of likely N-dealkylation sites (tertiary alicyclic amines) is 1. The SMILES string of the molecule is CCC1(CC)CCN(CC2COCCC2N)C1. The van der Waals surface area contributed by atoms with E-state index in [1.165, 1.54) is 32.4 Å². The smallest absolute Gasteiger partial charge is 0.0521 e. The normalized spacial score (nSPS) is 34.1. The van der Waals surface area contributed by atoms with E-state index in [2.05, 4.69) is 18.7 Å². The molecular weight excluding hydrogens is 212 g/mol. The Morgan fingerprint density at radius 2 is 2.12 bits per heavy atom. The molecule has 2 fully saturated rings. The Morgan fingerprint density at radius 3 is 2.71 bits per heavy atom. The van der Waals surface area contributed by atoms with Gasteiger partial charge >= 0.3 is 0 Å². The zero-order valence-electron chi connectivity index (χ0n) is 11.5. The summed E-state index contributed by atoms with van der Waals surface area (Å²) >= 11 is 0. The maximum absolute atomic E-state index is 6.18. The second-order valence-corrected chi connectivity index (χ2v) is 5.98. The van der Waals surface area contributed by atoms with E-state index in [9.17, 15) is 0 Å². The lowest BCUT2D eigenvalue weighted by Crippen LogP contribution is -2.45. The van der Waals surface area contributed by atoms with Crippen LogP contribution in [0.3, 0.4) is 0 Å². The fraction of sp³-hybridized carbons (Fsp3) is 1.00. The van der Waals surface area contributed by atoms with E-state index < -0.39 is 0 Å². The first-order valence-electron chi connectivity index (χ1n) is 7.25. The molecule has 0 aromatic heterocycles. The second kappa shape index (κ2) is 5.68. The van der Waals surface area contributed by atoms with Crippen molar-refractivity contribution in [1.82, 2.24) is 4.90 Å². The highest BCUT2D eigenvalue weighted by atomic mass is 16.5. The quantitative estimate of drug-likeness (QED) is 0.815. The summed E-state index contributed by atoms with van der Waals surface area (Å²) in [6.07, 6.45) is 5.02. The molecule has 2 unspecified atom stereocenters. The molecule has 0 spiro atoms. The van der Waals surface area contributed by atoms with Gasteiger partial charge in [0.05, 0.1) is 6.61 Å². The lowest BCUT2D eigenvalue weighted by molar-refractivity contribution is 0.0275. The molecule has 0 amide bonds. The van der Waals surface area contributed by atoms with Gasteiger partial charge in [0.1, 0.15) is 0 Å². The summed E-state index contributed by atoms with van der Waals surface area (Å²) in [5.41, 5.74) is 6.77. The molecule has 0 saturated carbocycles. The van der Waals surface area contributed by atoms with Gasteiger partial charge in [-0.1, -0.05) is 13.8 Å². The molecular formula is C14H28N2O. The van der Waals surface area contributed by atoms with Crippen LogP contribution in [-0.4, -0.2) is 43.8 Å². The lowest BCUT2D eigenvalue weighted by Gasteiger charge is -2.33. The molecule has 2 saturated heterocycles. The Hall–Kier alpha value is -0.120. The van der Waals surface area contributed by atoms with Crippen LogP contribution in [0.1, 0.15) is 39.5 Å². The van der Waals surface area contributed by atoms with Gasteiger partial charge in [-0.2, -0.15) is 0 Å². The standard InChI is InChI=1S/C14H28N2O/c1-3-14(4-2)6-7-16(11-14)9-12-10-17-8-5-13(12)15/h12-13H,3-11,15H2,1-2H3. The van der Waals surface area contributed by atoms with Crippen molar-refractivity contribution >= 4 is 0 Å². The van der Waals surface area contributed by atoms with Crippen LogP contribution in [0.15, 0.2) is 0 Å². The first-order valence-corrected chi connectivity index (χ1v) is 7.25. The van der Waals surface area contributed by atoms with Gasteiger partial charge in [-0.05, 0) is 37.6 Å². The van der Waals surface area contributed by atoms with E-state index >= 15 is 0 Å². The predicted molar refractivity (Wildman–Crippen MR) is 71.0 cm³/mol. The molecule has 0 bridgehead atoms. The van der Waals surface area contributed by atoms with Crippen LogP contribution in [0.5, 0.6) is 0 Å². The number of ether oxygens (including phenoxy) is 1. The van der Waals surface area contributed by atoms with Crippen molar-refractivity contribution in [2.24, 2.45) is 17.1 Å². The van der Waals surface area contributed by atoms with Gasteiger partial charge in [0, 0.05) is 31.7 Å². The van der Waals surface area contributed by atoms with Crippen molar-refractivity contribution in [2.75, 3.05) is 32.8 Å². The van der Waals surface area contributed by atoms with Gasteiger partial charge in [0.15, 0.2) is 0 Å². The monoisotopic (exact) mass is 240 g/mol. The Balaban J connectivity index is 1.84. The van der Waals surface area contributed by atoms with E-state index in [-0.39, 0.29) is 0 Å². The zero-order valence-corrected chi connectivity index (χ0v) is 11.5. The van der Waals surface area contributed by atoms with Crippen LogP contribution in [0.25, 0.3) is 0 Å². The molecule has 0 aliphatic carbocycles. The van der Waals surface area contributed by atoms with Crippen LogP contribution in [0.4, 0.5) is 0 Å². The van der Waals surface area contributed by atoms with E-state index in [0.717, 1.165) is 26.2 Å². The van der Waals surface area contributed by atoms with Crippen LogP contribution in [0.2, 0.25) is 0 Å². The van der Waals surface area contributed by atoms with E-state index in [1.54, 1.807) is 0 Å². The average molecular weight is 240 g/mol. The van der Waals surface area contributed by atoms with Crippen molar-refractivity contribution in [3.8, 4) is 0 Å². The van der Waals surface area contributed by atoms with Gasteiger partial charge in [-0.15, -0.1) is 0 Å². The summed E-state index contributed by atoms with van der Waals surface area (Å²) in [5, 5.41) is 0. The predicted octanol–water partition coefficient (Wildman–Crippen LogP) is 1.86. The number of hydrogen-bond acceptors (Lipinski definition) is 3. The second-order valence-electron chi connectivity index (χ2n) is 5.98. The number of rotatable bonds is 4. The van der Waals surface area contributed by atoms with E-state index in [1.807, 2.05) is 0 Å². The van der Waals surface area contributed by atoms with Crippen LogP contribution >= 0.6 is 0 Å². The highest BCUT2D eigenvalue weighted by Gasteiger charge is 2.36. The molecule has 2 rings (SSSR count). The Kier molecular flexibility index (Phi) is 4.45. The fourth-order valence-corrected chi connectivity index (χ4v) is 3.34. The maximum Gasteiger partial charge on any atom is 0.0521 e. The topological polar surface area (TPSA) is 38.5 Å². The number of hydrogen-bond donors (Lipinski definition) is 1. The first-order chi connectivity index (χ1) is 8.19. The highest BCUT2D eigenvalue weighted by molar-refractivity contribution is 4.90. The van der Waals surface area contributed by atoms with Crippen molar-refractivity contribution < 1.29 is 4.74 Å². The van der Waals surface area contributed by atoms with Crippen molar-refractivity contribution in [3.63, 3.8) is 0 Å². The van der Waals surface area contributed by atoms with Crippen molar-refractivity contribution in [3.05, 3.63) is 0 Å². The molecule has 0 aromatic carbocycles. The van der Waals surface area contributed by atoms with Crippen molar-refractivity contribution in [1.29, 1.82) is 0 Å². The van der Waals surface area contributed by atoms with Gasteiger partial charge in [-0.25, -0.2) is 0 Å². The zero-order chi connectivity index (χ0) is 12.3. The van der Waals surface area contributed by atoms with Gasteiger partial charge in [-0.3, -0.25) is 0 Å². The van der Waals surface area contributed by atoms with Gasteiger partial charge < -0.3 is 15.4 Å². The third kappa shape index (κ3) is 3.01. The Bertz CT molecular complexity index is 240. The molecule has 3 nitrogen and oxygen atoms in total. The van der Waals surface area contributed by atoms with Crippen molar-refractivity contribution in [2.45, 2.75) is 45.6 Å². The summed E-state index contributed by atoms with van der Waals surface area (Å²) in [7, 11) is 0. The molecule has 2 atom stereocenters. The number of nitrogens with zero attached hydrogens (tertiary/aromatic N) is 1.